The van der Waals surface area contributed by atoms with E-state index in [4.69, 9.17) is 10.5 Å². The molecule has 0 radical (unpaired) electrons. The van der Waals surface area contributed by atoms with Crippen LogP contribution in [0.15, 0.2) is 18.2 Å². The summed E-state index contributed by atoms with van der Waals surface area (Å²) in [7, 11) is 1.51. The van der Waals surface area contributed by atoms with E-state index < -0.39 is 0 Å². The van der Waals surface area contributed by atoms with E-state index in [0.717, 1.165) is 0 Å². The Kier molecular flexibility index (Phi) is 5.76. The van der Waals surface area contributed by atoms with Crippen LogP contribution in [0, 0.1) is 17.7 Å². The summed E-state index contributed by atoms with van der Waals surface area (Å²) in [4.78, 5) is 11.9. The van der Waals surface area contributed by atoms with Crippen LogP contribution in [0.2, 0.25) is 0 Å². The number of halogens is 1. The van der Waals surface area contributed by atoms with Crippen molar-refractivity contribution >= 4 is 5.91 Å². The zero-order valence-corrected chi connectivity index (χ0v) is 11.6. The molecular formula is C14H21FN2O2. The SMILES string of the molecule is COc1ccc(F)cc1CNC(=O)C(CN)C(C)C. The van der Waals surface area contributed by atoms with E-state index in [2.05, 4.69) is 5.32 Å². The number of hydrogen-bond donors (Lipinski definition) is 2. The van der Waals surface area contributed by atoms with Crippen LogP contribution in [0.25, 0.3) is 0 Å². The molecule has 0 fully saturated rings. The maximum Gasteiger partial charge on any atom is 0.224 e. The van der Waals surface area contributed by atoms with Gasteiger partial charge in [-0.05, 0) is 24.1 Å². The third-order valence-electron chi connectivity index (χ3n) is 3.09. The van der Waals surface area contributed by atoms with Gasteiger partial charge in [0.15, 0.2) is 0 Å². The van der Waals surface area contributed by atoms with Gasteiger partial charge in [0.25, 0.3) is 0 Å². The fraction of sp³-hybridized carbons (Fsp3) is 0.500. The van der Waals surface area contributed by atoms with E-state index >= 15 is 0 Å². The normalized spacial score (nSPS) is 12.3. The van der Waals surface area contributed by atoms with E-state index in [-0.39, 0.29) is 30.1 Å². The minimum atomic E-state index is -0.357. The molecule has 4 nitrogen and oxygen atoms in total. The van der Waals surface area contributed by atoms with E-state index in [9.17, 15) is 9.18 Å². The van der Waals surface area contributed by atoms with Gasteiger partial charge in [-0.3, -0.25) is 4.79 Å². The predicted octanol–water partition coefficient (Wildman–Crippen LogP) is 1.68. The molecule has 0 spiro atoms. The van der Waals surface area contributed by atoms with Gasteiger partial charge < -0.3 is 15.8 Å². The Morgan fingerprint density at radius 1 is 1.47 bits per heavy atom. The van der Waals surface area contributed by atoms with Crippen LogP contribution >= 0.6 is 0 Å². The number of carbonyl (C=O) groups excluding carboxylic acids is 1. The second-order valence-corrected chi connectivity index (χ2v) is 4.76. The highest BCUT2D eigenvalue weighted by molar-refractivity contribution is 5.79. The van der Waals surface area contributed by atoms with E-state index in [1.165, 1.54) is 19.2 Å². The molecule has 0 aliphatic rings. The lowest BCUT2D eigenvalue weighted by Gasteiger charge is -2.18. The summed E-state index contributed by atoms with van der Waals surface area (Å²) < 4.78 is 18.3. The first-order valence-electron chi connectivity index (χ1n) is 6.29. The molecule has 0 aromatic heterocycles. The van der Waals surface area contributed by atoms with Crippen LogP contribution in [-0.2, 0) is 11.3 Å². The third-order valence-corrected chi connectivity index (χ3v) is 3.09. The second-order valence-electron chi connectivity index (χ2n) is 4.76. The highest BCUT2D eigenvalue weighted by atomic mass is 19.1. The summed E-state index contributed by atoms with van der Waals surface area (Å²) in [6.07, 6.45) is 0. The van der Waals surface area contributed by atoms with Gasteiger partial charge in [0.1, 0.15) is 11.6 Å². The van der Waals surface area contributed by atoms with Gasteiger partial charge in [-0.2, -0.15) is 0 Å². The number of ether oxygens (including phenoxy) is 1. The highest BCUT2D eigenvalue weighted by Crippen LogP contribution is 2.19. The predicted molar refractivity (Wildman–Crippen MR) is 72.2 cm³/mol. The van der Waals surface area contributed by atoms with Gasteiger partial charge in [0.05, 0.1) is 13.0 Å². The molecule has 0 saturated carbocycles. The Bertz CT molecular complexity index is 435. The number of benzene rings is 1. The molecule has 5 heteroatoms. The van der Waals surface area contributed by atoms with Crippen molar-refractivity contribution < 1.29 is 13.9 Å². The van der Waals surface area contributed by atoms with Crippen LogP contribution in [-0.4, -0.2) is 19.6 Å². The summed E-state index contributed by atoms with van der Waals surface area (Å²) in [5, 5.41) is 2.77. The number of nitrogens with one attached hydrogen (secondary N) is 1. The molecule has 0 heterocycles. The topological polar surface area (TPSA) is 64.3 Å². The molecule has 1 unspecified atom stereocenters. The van der Waals surface area contributed by atoms with Crippen molar-refractivity contribution in [2.24, 2.45) is 17.6 Å². The van der Waals surface area contributed by atoms with Crippen LogP contribution in [0.4, 0.5) is 4.39 Å². The Labute approximate surface area is 113 Å². The molecule has 0 saturated heterocycles. The zero-order chi connectivity index (χ0) is 14.4. The molecule has 19 heavy (non-hydrogen) atoms. The third kappa shape index (κ3) is 4.21. The molecule has 3 N–H and O–H groups in total. The van der Waals surface area contributed by atoms with Gasteiger partial charge in [0.2, 0.25) is 5.91 Å². The first-order chi connectivity index (χ1) is 8.99. The zero-order valence-electron chi connectivity index (χ0n) is 11.6. The van der Waals surface area contributed by atoms with Crippen LogP contribution < -0.4 is 15.8 Å². The highest BCUT2D eigenvalue weighted by Gasteiger charge is 2.20. The van der Waals surface area contributed by atoms with Crippen LogP contribution in [0.5, 0.6) is 5.75 Å². The first-order valence-corrected chi connectivity index (χ1v) is 6.29. The lowest BCUT2D eigenvalue weighted by molar-refractivity contribution is -0.126. The molecule has 106 valence electrons. The standard InChI is InChI=1S/C14H21FN2O2/c1-9(2)12(7-16)14(18)17-8-10-6-11(15)4-5-13(10)19-3/h4-6,9,12H,7-8,16H2,1-3H3,(H,17,18). The number of nitrogens with two attached hydrogens (primary N) is 1. The fourth-order valence-corrected chi connectivity index (χ4v) is 1.88. The van der Waals surface area contributed by atoms with Gasteiger partial charge >= 0.3 is 0 Å². The maximum atomic E-state index is 13.2. The van der Waals surface area contributed by atoms with Crippen molar-refractivity contribution in [1.82, 2.24) is 5.32 Å². The Balaban J connectivity index is 2.71. The van der Waals surface area contributed by atoms with Crippen LogP contribution in [0.3, 0.4) is 0 Å². The number of methoxy groups -OCH3 is 1. The largest absolute Gasteiger partial charge is 0.496 e. The van der Waals surface area contributed by atoms with Crippen molar-refractivity contribution in [2.45, 2.75) is 20.4 Å². The van der Waals surface area contributed by atoms with E-state index in [0.29, 0.717) is 17.9 Å². The Hall–Kier alpha value is -1.62. The molecule has 1 aromatic carbocycles. The average Bonchev–Trinajstić information content (AvgIpc) is 2.37. The molecule has 1 rings (SSSR count). The van der Waals surface area contributed by atoms with Crippen molar-refractivity contribution in [3.8, 4) is 5.75 Å². The lowest BCUT2D eigenvalue weighted by Crippen LogP contribution is -2.37. The van der Waals surface area contributed by atoms with Crippen molar-refractivity contribution in [2.75, 3.05) is 13.7 Å². The fourth-order valence-electron chi connectivity index (χ4n) is 1.88. The van der Waals surface area contributed by atoms with E-state index in [1.807, 2.05) is 13.8 Å². The summed E-state index contributed by atoms with van der Waals surface area (Å²) in [6.45, 7) is 4.41. The summed E-state index contributed by atoms with van der Waals surface area (Å²) >= 11 is 0. The smallest absolute Gasteiger partial charge is 0.224 e. The maximum absolute atomic E-state index is 13.2. The number of carbonyl (C=O) groups is 1. The molecule has 1 aromatic rings. The molecule has 0 aliphatic heterocycles. The minimum absolute atomic E-state index is 0.121. The summed E-state index contributed by atoms with van der Waals surface area (Å²) in [5.74, 6) is 0.00241. The average molecular weight is 268 g/mol. The molecular weight excluding hydrogens is 247 g/mol. The van der Waals surface area contributed by atoms with Crippen LogP contribution in [0.1, 0.15) is 19.4 Å². The Morgan fingerprint density at radius 2 is 2.16 bits per heavy atom. The van der Waals surface area contributed by atoms with Crippen molar-refractivity contribution in [1.29, 1.82) is 0 Å². The minimum Gasteiger partial charge on any atom is -0.496 e. The van der Waals surface area contributed by atoms with Gasteiger partial charge in [-0.1, -0.05) is 13.8 Å². The summed E-state index contributed by atoms with van der Waals surface area (Å²) in [5.41, 5.74) is 6.19. The molecule has 1 atom stereocenters. The van der Waals surface area contributed by atoms with Gasteiger partial charge in [-0.15, -0.1) is 0 Å². The van der Waals surface area contributed by atoms with Gasteiger partial charge in [-0.25, -0.2) is 4.39 Å². The summed E-state index contributed by atoms with van der Waals surface area (Å²) in [6, 6.07) is 4.21. The number of rotatable bonds is 6. The van der Waals surface area contributed by atoms with Gasteiger partial charge in [0, 0.05) is 18.7 Å². The van der Waals surface area contributed by atoms with Crippen molar-refractivity contribution in [3.05, 3.63) is 29.6 Å². The number of amides is 1. The molecule has 0 bridgehead atoms. The lowest BCUT2D eigenvalue weighted by atomic mass is 9.95. The van der Waals surface area contributed by atoms with Crippen molar-refractivity contribution in [3.63, 3.8) is 0 Å². The second kappa shape index (κ2) is 7.09. The number of hydrogen-bond acceptors (Lipinski definition) is 3. The van der Waals surface area contributed by atoms with E-state index in [1.54, 1.807) is 6.07 Å². The Morgan fingerprint density at radius 3 is 2.68 bits per heavy atom. The quantitative estimate of drug-likeness (QED) is 0.825. The molecule has 1 amide bonds. The monoisotopic (exact) mass is 268 g/mol. The first kappa shape index (κ1) is 15.4. The molecule has 0 aliphatic carbocycles.